The van der Waals surface area contributed by atoms with E-state index in [0.29, 0.717) is 11.7 Å². The second kappa shape index (κ2) is 6.85. The Labute approximate surface area is 103 Å². The Kier molecular flexibility index (Phi) is 5.41. The Hall–Kier alpha value is -1.63. The Morgan fingerprint density at radius 3 is 2.53 bits per heavy atom. The van der Waals surface area contributed by atoms with E-state index in [-0.39, 0.29) is 0 Å². The lowest BCUT2D eigenvalue weighted by molar-refractivity contribution is 0.618. The fourth-order valence-electron chi connectivity index (χ4n) is 1.70. The highest BCUT2D eigenvalue weighted by Gasteiger charge is 2.11. The van der Waals surface area contributed by atoms with E-state index < -0.39 is 0 Å². The zero-order chi connectivity index (χ0) is 12.7. The number of unbranched alkanes of at least 4 members (excludes halogenated alkanes) is 2. The maximum Gasteiger partial charge on any atom is 0.158 e. The summed E-state index contributed by atoms with van der Waals surface area (Å²) in [5.74, 6) is 0.857. The minimum absolute atomic E-state index is 0.367. The summed E-state index contributed by atoms with van der Waals surface area (Å²) in [7, 11) is 0. The molecule has 1 heterocycles. The highest BCUT2D eigenvalue weighted by atomic mass is 15.2. The molecule has 0 bridgehead atoms. The van der Waals surface area contributed by atoms with Gasteiger partial charge in [0.15, 0.2) is 5.69 Å². The third-order valence-corrected chi connectivity index (χ3v) is 2.67. The Morgan fingerprint density at radius 1 is 1.29 bits per heavy atom. The van der Waals surface area contributed by atoms with E-state index in [9.17, 15) is 0 Å². The first-order chi connectivity index (χ1) is 8.19. The molecule has 0 aliphatic rings. The average molecular weight is 232 g/mol. The van der Waals surface area contributed by atoms with Crippen molar-refractivity contribution in [2.24, 2.45) is 0 Å². The molecule has 1 rings (SSSR count). The van der Waals surface area contributed by atoms with Crippen molar-refractivity contribution in [3.63, 3.8) is 0 Å². The average Bonchev–Trinajstić information content (AvgIpc) is 2.34. The van der Waals surface area contributed by atoms with Gasteiger partial charge in [-0.25, -0.2) is 9.97 Å². The van der Waals surface area contributed by atoms with Gasteiger partial charge >= 0.3 is 0 Å². The topological polar surface area (TPSA) is 52.8 Å². The molecule has 1 aromatic heterocycles. The molecule has 1 aromatic rings. The van der Waals surface area contributed by atoms with E-state index in [0.717, 1.165) is 18.8 Å². The molecule has 0 aliphatic heterocycles. The van der Waals surface area contributed by atoms with Gasteiger partial charge in [-0.05, 0) is 20.3 Å². The number of nitrogens with zero attached hydrogens (tertiary/aromatic N) is 4. The molecular weight excluding hydrogens is 212 g/mol. The first-order valence-corrected chi connectivity index (χ1v) is 6.17. The minimum atomic E-state index is 0.367. The maximum absolute atomic E-state index is 8.68. The van der Waals surface area contributed by atoms with Crippen LogP contribution in [0.25, 0.3) is 0 Å². The molecule has 0 spiro atoms. The summed E-state index contributed by atoms with van der Waals surface area (Å²) in [6.45, 7) is 7.48. The zero-order valence-electron chi connectivity index (χ0n) is 10.8. The smallest absolute Gasteiger partial charge is 0.158 e. The molecule has 4 nitrogen and oxygen atoms in total. The molecule has 0 amide bonds. The molecule has 92 valence electrons. The first kappa shape index (κ1) is 13.4. The number of anilines is 1. The maximum atomic E-state index is 8.68. The number of nitriles is 1. The summed E-state index contributed by atoms with van der Waals surface area (Å²) in [6, 6.07) is 2.38. The third-order valence-electron chi connectivity index (χ3n) is 2.67. The van der Waals surface area contributed by atoms with E-state index in [1.165, 1.54) is 19.0 Å². The molecule has 0 N–H and O–H groups in total. The van der Waals surface area contributed by atoms with Crippen LogP contribution < -0.4 is 4.90 Å². The fraction of sp³-hybridized carbons (Fsp3) is 0.615. The summed E-state index contributed by atoms with van der Waals surface area (Å²) in [5, 5.41) is 8.68. The molecule has 0 atom stereocenters. The highest BCUT2D eigenvalue weighted by molar-refractivity contribution is 5.38. The van der Waals surface area contributed by atoms with Crippen molar-refractivity contribution < 1.29 is 0 Å². The van der Waals surface area contributed by atoms with E-state index in [4.69, 9.17) is 5.26 Å². The van der Waals surface area contributed by atoms with Gasteiger partial charge in [0.05, 0.1) is 12.4 Å². The molecule has 0 radical (unpaired) electrons. The summed E-state index contributed by atoms with van der Waals surface area (Å²) in [4.78, 5) is 10.6. The van der Waals surface area contributed by atoms with Crippen LogP contribution in [0.3, 0.4) is 0 Å². The molecule has 0 saturated carbocycles. The van der Waals surface area contributed by atoms with Gasteiger partial charge in [0.2, 0.25) is 0 Å². The minimum Gasteiger partial charge on any atom is -0.353 e. The van der Waals surface area contributed by atoms with Gasteiger partial charge in [-0.1, -0.05) is 19.8 Å². The van der Waals surface area contributed by atoms with Gasteiger partial charge in [0.1, 0.15) is 11.9 Å². The molecule has 0 aliphatic carbocycles. The quantitative estimate of drug-likeness (QED) is 0.708. The summed E-state index contributed by atoms with van der Waals surface area (Å²) in [6.07, 6.45) is 6.82. The summed E-state index contributed by atoms with van der Waals surface area (Å²) < 4.78 is 0. The predicted molar refractivity (Wildman–Crippen MR) is 68.8 cm³/mol. The second-order valence-corrected chi connectivity index (χ2v) is 4.37. The fourth-order valence-corrected chi connectivity index (χ4v) is 1.70. The van der Waals surface area contributed by atoms with Crippen molar-refractivity contribution in [2.45, 2.75) is 46.1 Å². The van der Waals surface area contributed by atoms with Crippen LogP contribution >= 0.6 is 0 Å². The molecule has 0 aromatic carbocycles. The van der Waals surface area contributed by atoms with Crippen molar-refractivity contribution in [1.29, 1.82) is 5.26 Å². The lowest BCUT2D eigenvalue weighted by atomic mass is 10.2. The zero-order valence-corrected chi connectivity index (χ0v) is 10.8. The normalized spacial score (nSPS) is 10.3. The van der Waals surface area contributed by atoms with Crippen LogP contribution in [0, 0.1) is 11.3 Å². The van der Waals surface area contributed by atoms with Crippen LogP contribution in [0.1, 0.15) is 45.7 Å². The molecule has 17 heavy (non-hydrogen) atoms. The standard InChI is InChI=1S/C13H20N4/c1-4-5-6-7-17(11(2)3)13-10-15-12(8-14)9-16-13/h9-11H,4-7H2,1-3H3. The van der Waals surface area contributed by atoms with Gasteiger partial charge in [-0.3, -0.25) is 0 Å². The second-order valence-electron chi connectivity index (χ2n) is 4.37. The van der Waals surface area contributed by atoms with Crippen molar-refractivity contribution in [1.82, 2.24) is 9.97 Å². The largest absolute Gasteiger partial charge is 0.353 e. The van der Waals surface area contributed by atoms with Crippen molar-refractivity contribution in [3.8, 4) is 6.07 Å². The van der Waals surface area contributed by atoms with E-state index >= 15 is 0 Å². The third kappa shape index (κ3) is 4.03. The van der Waals surface area contributed by atoms with Crippen LogP contribution in [0.5, 0.6) is 0 Å². The SMILES string of the molecule is CCCCCN(c1cnc(C#N)cn1)C(C)C. The van der Waals surface area contributed by atoms with Crippen LogP contribution in [0.4, 0.5) is 5.82 Å². The van der Waals surface area contributed by atoms with E-state index in [2.05, 4.69) is 35.6 Å². The molecular formula is C13H20N4. The van der Waals surface area contributed by atoms with Gasteiger partial charge in [-0.15, -0.1) is 0 Å². The van der Waals surface area contributed by atoms with Crippen molar-refractivity contribution in [3.05, 3.63) is 18.1 Å². The van der Waals surface area contributed by atoms with Crippen LogP contribution in [0.2, 0.25) is 0 Å². The first-order valence-electron chi connectivity index (χ1n) is 6.17. The highest BCUT2D eigenvalue weighted by Crippen LogP contribution is 2.14. The van der Waals surface area contributed by atoms with E-state index in [1.54, 1.807) is 6.20 Å². The lowest BCUT2D eigenvalue weighted by Gasteiger charge is -2.27. The molecule has 0 fully saturated rings. The number of rotatable bonds is 6. The lowest BCUT2D eigenvalue weighted by Crippen LogP contribution is -2.32. The monoisotopic (exact) mass is 232 g/mol. The van der Waals surface area contributed by atoms with Crippen molar-refractivity contribution >= 4 is 5.82 Å². The van der Waals surface area contributed by atoms with Crippen molar-refractivity contribution in [2.75, 3.05) is 11.4 Å². The van der Waals surface area contributed by atoms with Gasteiger partial charge < -0.3 is 4.90 Å². The van der Waals surface area contributed by atoms with Gasteiger partial charge in [-0.2, -0.15) is 5.26 Å². The molecule has 0 unspecified atom stereocenters. The Morgan fingerprint density at radius 2 is 2.06 bits per heavy atom. The van der Waals surface area contributed by atoms with Crippen LogP contribution in [-0.2, 0) is 0 Å². The van der Waals surface area contributed by atoms with Gasteiger partial charge in [0.25, 0.3) is 0 Å². The number of aromatic nitrogens is 2. The van der Waals surface area contributed by atoms with E-state index in [1.807, 2.05) is 6.07 Å². The summed E-state index contributed by atoms with van der Waals surface area (Å²) in [5.41, 5.74) is 0.367. The predicted octanol–water partition coefficient (Wildman–Crippen LogP) is 2.75. The molecule has 0 saturated heterocycles. The number of hydrogen-bond acceptors (Lipinski definition) is 4. The van der Waals surface area contributed by atoms with Crippen LogP contribution in [-0.4, -0.2) is 22.6 Å². The van der Waals surface area contributed by atoms with Gasteiger partial charge in [0, 0.05) is 12.6 Å². The Balaban J connectivity index is 2.72. The Bertz CT molecular complexity index is 364. The molecule has 4 heteroatoms. The summed E-state index contributed by atoms with van der Waals surface area (Å²) >= 11 is 0. The van der Waals surface area contributed by atoms with Crippen LogP contribution in [0.15, 0.2) is 12.4 Å². The number of hydrogen-bond donors (Lipinski definition) is 0.